The minimum atomic E-state index is 0.583. The van der Waals surface area contributed by atoms with Crippen molar-refractivity contribution < 1.29 is 0 Å². The molecule has 1 heteroatoms. The van der Waals surface area contributed by atoms with Gasteiger partial charge in [-0.25, -0.2) is 0 Å². The first-order valence-corrected chi connectivity index (χ1v) is 10.8. The third kappa shape index (κ3) is 2.91. The molecular weight excluding hydrogens is 415 g/mol. The summed E-state index contributed by atoms with van der Waals surface area (Å²) in [4.78, 5) is 0. The van der Waals surface area contributed by atoms with E-state index < -0.39 is 0 Å². The maximum absolute atomic E-state index is 2.55. The van der Waals surface area contributed by atoms with E-state index in [2.05, 4.69) is 83.3 Å². The molecule has 0 amide bonds. The normalized spacial score (nSPS) is 29.8. The van der Waals surface area contributed by atoms with E-state index in [1.54, 1.807) is 16.7 Å². The first-order chi connectivity index (χ1) is 12.3. The maximum atomic E-state index is 2.55. The van der Waals surface area contributed by atoms with E-state index in [9.17, 15) is 0 Å². The number of allylic oxidation sites excluding steroid dienone is 10. The molecule has 126 valence electrons. The van der Waals surface area contributed by atoms with Gasteiger partial charge in [0.15, 0.2) is 0 Å². The summed E-state index contributed by atoms with van der Waals surface area (Å²) < 4.78 is 0.689. The summed E-state index contributed by atoms with van der Waals surface area (Å²) in [6.45, 7) is 0. The van der Waals surface area contributed by atoms with Gasteiger partial charge >= 0.3 is 0 Å². The van der Waals surface area contributed by atoms with Crippen molar-refractivity contribution in [2.45, 2.75) is 36.0 Å². The van der Waals surface area contributed by atoms with E-state index in [0.29, 0.717) is 15.8 Å². The number of hydrogen-bond acceptors (Lipinski definition) is 0. The maximum Gasteiger partial charge on any atom is 0.0295 e. The Morgan fingerprint density at radius 2 is 1.92 bits per heavy atom. The number of benzene rings is 1. The highest BCUT2D eigenvalue weighted by atomic mass is 127. The lowest BCUT2D eigenvalue weighted by atomic mass is 9.77. The van der Waals surface area contributed by atoms with Crippen molar-refractivity contribution in [3.05, 3.63) is 83.0 Å². The number of fused-ring (bicyclic) bond motifs is 3. The van der Waals surface area contributed by atoms with E-state index in [1.807, 2.05) is 0 Å². The fraction of sp³-hybridized carbons (Fsp3) is 0.333. The van der Waals surface area contributed by atoms with E-state index in [4.69, 9.17) is 0 Å². The lowest BCUT2D eigenvalue weighted by Gasteiger charge is -2.29. The predicted molar refractivity (Wildman–Crippen MR) is 116 cm³/mol. The van der Waals surface area contributed by atoms with Gasteiger partial charge < -0.3 is 0 Å². The van der Waals surface area contributed by atoms with Gasteiger partial charge in [-0.3, -0.25) is 0 Å². The summed E-state index contributed by atoms with van der Waals surface area (Å²) in [7, 11) is 0. The molecule has 5 rings (SSSR count). The molecule has 1 aromatic carbocycles. The molecule has 0 saturated heterocycles. The van der Waals surface area contributed by atoms with Crippen LogP contribution in [0, 0.1) is 11.8 Å². The average molecular weight is 438 g/mol. The lowest BCUT2D eigenvalue weighted by Crippen LogP contribution is -2.19. The van der Waals surface area contributed by atoms with Gasteiger partial charge in [-0.15, -0.1) is 0 Å². The van der Waals surface area contributed by atoms with Crippen molar-refractivity contribution in [1.29, 1.82) is 0 Å². The van der Waals surface area contributed by atoms with Crippen LogP contribution in [0.2, 0.25) is 0 Å². The van der Waals surface area contributed by atoms with Gasteiger partial charge in [-0.1, -0.05) is 83.3 Å². The number of alkyl halides is 1. The van der Waals surface area contributed by atoms with E-state index in [-0.39, 0.29) is 0 Å². The second-order valence-electron chi connectivity index (χ2n) is 7.68. The Morgan fingerprint density at radius 1 is 0.960 bits per heavy atom. The molecule has 4 aliphatic rings. The second-order valence-corrected chi connectivity index (χ2v) is 9.28. The molecular formula is C24H23I. The van der Waals surface area contributed by atoms with Crippen LogP contribution in [0.3, 0.4) is 0 Å². The fourth-order valence-electron chi connectivity index (χ4n) is 4.76. The lowest BCUT2D eigenvalue weighted by molar-refractivity contribution is 0.505. The van der Waals surface area contributed by atoms with Crippen molar-refractivity contribution in [3.8, 4) is 0 Å². The average Bonchev–Trinajstić information content (AvgIpc) is 2.67. The molecule has 0 N–H and O–H groups in total. The van der Waals surface area contributed by atoms with Gasteiger partial charge in [-0.2, -0.15) is 0 Å². The molecule has 3 atom stereocenters. The quantitative estimate of drug-likeness (QED) is 0.261. The highest BCUT2D eigenvalue weighted by molar-refractivity contribution is 14.1. The molecule has 0 fully saturated rings. The molecule has 4 aliphatic carbocycles. The van der Waals surface area contributed by atoms with E-state index >= 15 is 0 Å². The number of halogens is 1. The van der Waals surface area contributed by atoms with Crippen LogP contribution in [-0.4, -0.2) is 3.92 Å². The molecule has 0 aliphatic heterocycles. The Bertz CT molecular complexity index is 862. The van der Waals surface area contributed by atoms with Crippen LogP contribution in [-0.2, 0) is 6.42 Å². The fourth-order valence-corrected chi connectivity index (χ4v) is 5.58. The van der Waals surface area contributed by atoms with Crippen LogP contribution in [0.5, 0.6) is 0 Å². The highest BCUT2D eigenvalue weighted by Crippen LogP contribution is 2.40. The number of aryl methyl sites for hydroxylation is 1. The SMILES string of the molecule is I[C@H]1C=CC2C=C(c3ccc4c(c3)CCC3=C4CCC=C3)C=CC2C1. The smallest absolute Gasteiger partial charge is 0.0295 e. The Labute approximate surface area is 164 Å². The van der Waals surface area contributed by atoms with Crippen molar-refractivity contribution >= 4 is 33.7 Å². The van der Waals surface area contributed by atoms with Crippen molar-refractivity contribution in [3.63, 3.8) is 0 Å². The molecule has 0 nitrogen and oxygen atoms in total. The van der Waals surface area contributed by atoms with Crippen LogP contribution in [0.1, 0.15) is 42.4 Å². The zero-order chi connectivity index (χ0) is 16.8. The Balaban J connectivity index is 1.49. The number of rotatable bonds is 1. The monoisotopic (exact) mass is 438 g/mol. The Kier molecular flexibility index (Phi) is 4.08. The van der Waals surface area contributed by atoms with Gasteiger partial charge in [0, 0.05) is 9.84 Å². The van der Waals surface area contributed by atoms with Crippen LogP contribution in [0.25, 0.3) is 11.1 Å². The minimum absolute atomic E-state index is 0.583. The predicted octanol–water partition coefficient (Wildman–Crippen LogP) is 6.69. The molecule has 0 aromatic heterocycles. The third-order valence-electron chi connectivity index (χ3n) is 6.12. The summed E-state index contributed by atoms with van der Waals surface area (Å²) in [5.41, 5.74) is 9.05. The first kappa shape index (κ1) is 15.9. The standard InChI is InChI=1S/C24H23I/c25-22-11-9-18-13-17(6-7-20(18)15-22)19-10-12-24-21(14-19)8-5-16-3-1-2-4-23(16)24/h1,3,6-7,9-14,18,20,22H,2,4-5,8,15H2/t18?,20?,22-/m0/s1. The van der Waals surface area contributed by atoms with Crippen molar-refractivity contribution in [2.75, 3.05) is 0 Å². The van der Waals surface area contributed by atoms with E-state index in [1.165, 1.54) is 48.8 Å². The minimum Gasteiger partial charge on any atom is -0.0839 e. The van der Waals surface area contributed by atoms with Gasteiger partial charge in [0.1, 0.15) is 0 Å². The largest absolute Gasteiger partial charge is 0.0839 e. The molecule has 0 radical (unpaired) electrons. The Morgan fingerprint density at radius 3 is 2.88 bits per heavy atom. The second kappa shape index (κ2) is 6.42. The Hall–Kier alpha value is -1.35. The molecule has 25 heavy (non-hydrogen) atoms. The van der Waals surface area contributed by atoms with Crippen molar-refractivity contribution in [1.82, 2.24) is 0 Å². The molecule has 0 bridgehead atoms. The zero-order valence-electron chi connectivity index (χ0n) is 14.4. The summed E-state index contributed by atoms with van der Waals surface area (Å²) in [6, 6.07) is 7.19. The van der Waals surface area contributed by atoms with E-state index in [0.717, 1.165) is 0 Å². The summed E-state index contributed by atoms with van der Waals surface area (Å²) in [5, 5.41) is 0. The zero-order valence-corrected chi connectivity index (χ0v) is 16.6. The summed E-state index contributed by atoms with van der Waals surface area (Å²) in [6.07, 6.45) is 22.9. The van der Waals surface area contributed by atoms with Gasteiger partial charge in [-0.05, 0) is 71.4 Å². The highest BCUT2D eigenvalue weighted by Gasteiger charge is 2.25. The van der Waals surface area contributed by atoms with Crippen LogP contribution in [0.4, 0.5) is 0 Å². The molecule has 0 saturated carbocycles. The van der Waals surface area contributed by atoms with Gasteiger partial charge in [0.2, 0.25) is 0 Å². The molecule has 0 heterocycles. The van der Waals surface area contributed by atoms with Crippen LogP contribution < -0.4 is 0 Å². The third-order valence-corrected chi connectivity index (χ3v) is 7.05. The molecule has 2 unspecified atom stereocenters. The number of hydrogen-bond donors (Lipinski definition) is 0. The topological polar surface area (TPSA) is 0 Å². The first-order valence-electron chi connectivity index (χ1n) is 9.52. The molecule has 0 spiro atoms. The van der Waals surface area contributed by atoms with Gasteiger partial charge in [0.05, 0.1) is 0 Å². The summed E-state index contributed by atoms with van der Waals surface area (Å²) in [5.74, 6) is 1.27. The van der Waals surface area contributed by atoms with Crippen molar-refractivity contribution in [2.24, 2.45) is 11.8 Å². The summed E-state index contributed by atoms with van der Waals surface area (Å²) >= 11 is 2.55. The van der Waals surface area contributed by atoms with Crippen LogP contribution in [0.15, 0.2) is 66.3 Å². The molecule has 1 aromatic rings. The van der Waals surface area contributed by atoms with Crippen LogP contribution >= 0.6 is 22.6 Å². The van der Waals surface area contributed by atoms with Gasteiger partial charge in [0.25, 0.3) is 0 Å².